The molecule has 0 spiro atoms. The lowest BCUT2D eigenvalue weighted by atomic mass is 9.89. The molecule has 5 aromatic rings. The first kappa shape index (κ1) is 32.9. The molecule has 3 amide bonds. The van der Waals surface area contributed by atoms with Crippen LogP contribution in [0.25, 0.3) is 21.8 Å². The van der Waals surface area contributed by atoms with E-state index in [1.54, 1.807) is 48.2 Å². The lowest BCUT2D eigenvalue weighted by Crippen LogP contribution is -2.29. The normalized spacial score (nSPS) is 11.6. The molecular weight excluding hydrogens is 594 g/mol. The molecule has 4 N–H and O–H groups in total. The highest BCUT2D eigenvalue weighted by Crippen LogP contribution is 2.27. The number of unbranched alkanes of at least 4 members (excludes halogenated alkanes) is 4. The fourth-order valence-corrected chi connectivity index (χ4v) is 5.63. The average Bonchev–Trinajstić information content (AvgIpc) is 3.09. The van der Waals surface area contributed by atoms with E-state index in [-0.39, 0.29) is 24.5 Å². The minimum Gasteiger partial charge on any atom is -0.326 e. The highest BCUT2D eigenvalue weighted by Gasteiger charge is 2.29. The third kappa shape index (κ3) is 8.83. The minimum atomic E-state index is -1.12. The summed E-state index contributed by atoms with van der Waals surface area (Å²) in [5.74, 6) is -2.41. The largest absolute Gasteiger partial charge is 0.326 e. The third-order valence-corrected chi connectivity index (χ3v) is 8.02. The van der Waals surface area contributed by atoms with Crippen LogP contribution in [-0.4, -0.2) is 38.7 Å². The van der Waals surface area contributed by atoms with E-state index < -0.39 is 17.7 Å². The molecule has 2 aromatic heterocycles. The van der Waals surface area contributed by atoms with Crippen LogP contribution in [-0.2, 0) is 25.6 Å². The van der Waals surface area contributed by atoms with Gasteiger partial charge in [0, 0.05) is 48.1 Å². The Kier molecular flexibility index (Phi) is 11.3. The number of hydrogen-bond acceptors (Lipinski definition) is 7. The van der Waals surface area contributed by atoms with E-state index in [1.807, 2.05) is 54.6 Å². The third-order valence-electron chi connectivity index (χ3n) is 8.02. The molecule has 10 nitrogen and oxygen atoms in total. The molecule has 47 heavy (non-hydrogen) atoms. The first-order chi connectivity index (χ1) is 22.9. The van der Waals surface area contributed by atoms with Crippen molar-refractivity contribution in [2.24, 2.45) is 0 Å². The number of pyridine rings is 2. The van der Waals surface area contributed by atoms with E-state index >= 15 is 0 Å². The van der Waals surface area contributed by atoms with Crippen LogP contribution < -0.4 is 16.1 Å². The van der Waals surface area contributed by atoms with Gasteiger partial charge in [-0.25, -0.2) is 5.48 Å². The van der Waals surface area contributed by atoms with Crippen LogP contribution >= 0.6 is 0 Å². The summed E-state index contributed by atoms with van der Waals surface area (Å²) in [6.07, 6.45) is 7.95. The fourth-order valence-electron chi connectivity index (χ4n) is 5.63. The standard InChI is InChI=1S/C37H37N5O5/c43-31(24-28-12-6-10-26-13-8-22-38-35(26)28)34(37(46)41-30-15-7-11-27-14-9-23-39-36(27)30)25-18-20-29(21-19-25)40-32(44)16-4-2-1-3-5-17-33(45)42-47/h6-15,18-23,34,47H,1-5,16-17,24H2,(H,40,44)(H,41,46)(H,42,45). The Labute approximate surface area is 272 Å². The fraction of sp³-hybridized carbons (Fsp3) is 0.243. The monoisotopic (exact) mass is 631 g/mol. The topological polar surface area (TPSA) is 150 Å². The van der Waals surface area contributed by atoms with E-state index in [0.29, 0.717) is 47.2 Å². The molecule has 0 aliphatic rings. The minimum absolute atomic E-state index is 0.00729. The number of ketones is 1. The summed E-state index contributed by atoms with van der Waals surface area (Å²) in [7, 11) is 0. The number of para-hydroxylation sites is 2. The molecule has 10 heteroatoms. The number of Topliss-reactive ketones (excluding diaryl/α,β-unsaturated/α-hetero) is 1. The molecule has 0 fully saturated rings. The van der Waals surface area contributed by atoms with Gasteiger partial charge in [-0.2, -0.15) is 0 Å². The first-order valence-corrected chi connectivity index (χ1v) is 15.8. The number of fused-ring (bicyclic) bond motifs is 2. The molecular formula is C37H37N5O5. The van der Waals surface area contributed by atoms with Crippen molar-refractivity contribution in [2.45, 2.75) is 57.3 Å². The van der Waals surface area contributed by atoms with Crippen molar-refractivity contribution in [1.29, 1.82) is 0 Å². The van der Waals surface area contributed by atoms with Crippen LogP contribution in [0.5, 0.6) is 0 Å². The summed E-state index contributed by atoms with van der Waals surface area (Å²) < 4.78 is 0. The number of amides is 3. The van der Waals surface area contributed by atoms with E-state index in [0.717, 1.165) is 35.6 Å². The second-order valence-corrected chi connectivity index (χ2v) is 11.4. The molecule has 0 bridgehead atoms. The summed E-state index contributed by atoms with van der Waals surface area (Å²) in [4.78, 5) is 60.4. The predicted octanol–water partition coefficient (Wildman–Crippen LogP) is 6.49. The van der Waals surface area contributed by atoms with Crippen LogP contribution in [0.1, 0.15) is 62.0 Å². The summed E-state index contributed by atoms with van der Waals surface area (Å²) in [6, 6.07) is 25.5. The zero-order chi connectivity index (χ0) is 33.0. The van der Waals surface area contributed by atoms with Gasteiger partial charge >= 0.3 is 0 Å². The number of benzene rings is 3. The van der Waals surface area contributed by atoms with Crippen LogP contribution in [0.15, 0.2) is 97.3 Å². The van der Waals surface area contributed by atoms with Crippen molar-refractivity contribution in [3.63, 3.8) is 0 Å². The van der Waals surface area contributed by atoms with Crippen LogP contribution in [0, 0.1) is 0 Å². The Morgan fingerprint density at radius 1 is 0.638 bits per heavy atom. The van der Waals surface area contributed by atoms with Crippen molar-refractivity contribution < 1.29 is 24.4 Å². The Morgan fingerprint density at radius 3 is 1.94 bits per heavy atom. The summed E-state index contributed by atoms with van der Waals surface area (Å²) in [5, 5.41) is 16.1. The predicted molar refractivity (Wildman–Crippen MR) is 181 cm³/mol. The molecule has 2 heterocycles. The van der Waals surface area contributed by atoms with Crippen molar-refractivity contribution in [3.05, 3.63) is 108 Å². The number of hydroxylamine groups is 1. The molecule has 1 unspecified atom stereocenters. The molecule has 5 rings (SSSR count). The van der Waals surface area contributed by atoms with E-state index in [1.165, 1.54) is 0 Å². The number of rotatable bonds is 15. The van der Waals surface area contributed by atoms with Crippen molar-refractivity contribution in [2.75, 3.05) is 10.6 Å². The summed E-state index contributed by atoms with van der Waals surface area (Å²) >= 11 is 0. The molecule has 240 valence electrons. The van der Waals surface area contributed by atoms with Gasteiger partial charge in [0.1, 0.15) is 5.92 Å². The maximum absolute atomic E-state index is 14.0. The zero-order valence-electron chi connectivity index (χ0n) is 25.9. The smallest absolute Gasteiger partial charge is 0.243 e. The second-order valence-electron chi connectivity index (χ2n) is 11.4. The highest BCUT2D eigenvalue weighted by atomic mass is 16.5. The van der Waals surface area contributed by atoms with Gasteiger partial charge in [0.25, 0.3) is 0 Å². The Morgan fingerprint density at radius 2 is 1.23 bits per heavy atom. The molecule has 3 aromatic carbocycles. The number of carbonyl (C=O) groups is 4. The average molecular weight is 632 g/mol. The van der Waals surface area contributed by atoms with Gasteiger partial charge in [-0.05, 0) is 54.3 Å². The van der Waals surface area contributed by atoms with Gasteiger partial charge in [0.2, 0.25) is 17.7 Å². The number of nitrogens with one attached hydrogen (secondary N) is 3. The number of carbonyl (C=O) groups excluding carboxylic acids is 4. The lowest BCUT2D eigenvalue weighted by Gasteiger charge is -2.18. The van der Waals surface area contributed by atoms with Gasteiger partial charge < -0.3 is 10.6 Å². The van der Waals surface area contributed by atoms with E-state index in [9.17, 15) is 19.2 Å². The Balaban J connectivity index is 1.28. The maximum Gasteiger partial charge on any atom is 0.243 e. The molecule has 0 saturated heterocycles. The number of nitrogens with zero attached hydrogens (tertiary/aromatic N) is 2. The number of hydrogen-bond donors (Lipinski definition) is 4. The number of aromatic nitrogens is 2. The SMILES string of the molecule is O=C(CCCCCCCC(=O)Nc1ccc(C(C(=O)Cc2cccc3cccnc23)C(=O)Nc2cccc3cccnc23)cc1)NO. The van der Waals surface area contributed by atoms with Gasteiger partial charge in [-0.1, -0.05) is 73.9 Å². The van der Waals surface area contributed by atoms with E-state index in [4.69, 9.17) is 5.21 Å². The quantitative estimate of drug-likeness (QED) is 0.0446. The van der Waals surface area contributed by atoms with Crippen LogP contribution in [0.2, 0.25) is 0 Å². The summed E-state index contributed by atoms with van der Waals surface area (Å²) in [6.45, 7) is 0. The van der Waals surface area contributed by atoms with Gasteiger partial charge in [-0.3, -0.25) is 34.4 Å². The molecule has 1 atom stereocenters. The molecule has 0 radical (unpaired) electrons. The molecule has 0 aliphatic carbocycles. The number of anilines is 2. The Bertz CT molecular complexity index is 1770. The van der Waals surface area contributed by atoms with Crippen molar-refractivity contribution >= 4 is 56.7 Å². The van der Waals surface area contributed by atoms with Gasteiger partial charge in [-0.15, -0.1) is 0 Å². The van der Waals surface area contributed by atoms with Gasteiger partial charge in [0.15, 0.2) is 5.78 Å². The molecule has 0 aliphatic heterocycles. The zero-order valence-corrected chi connectivity index (χ0v) is 25.9. The van der Waals surface area contributed by atoms with Gasteiger partial charge in [0.05, 0.1) is 16.7 Å². The second kappa shape index (κ2) is 16.2. The Hall–Kier alpha value is -5.48. The van der Waals surface area contributed by atoms with Crippen LogP contribution in [0.4, 0.5) is 11.4 Å². The van der Waals surface area contributed by atoms with Crippen molar-refractivity contribution in [1.82, 2.24) is 15.4 Å². The highest BCUT2D eigenvalue weighted by molar-refractivity contribution is 6.14. The molecule has 0 saturated carbocycles. The lowest BCUT2D eigenvalue weighted by molar-refractivity contribution is -0.129. The van der Waals surface area contributed by atoms with E-state index in [2.05, 4.69) is 20.6 Å². The summed E-state index contributed by atoms with van der Waals surface area (Å²) in [5.41, 5.74) is 5.28. The van der Waals surface area contributed by atoms with Crippen LogP contribution in [0.3, 0.4) is 0 Å². The maximum atomic E-state index is 14.0. The van der Waals surface area contributed by atoms with Crippen molar-refractivity contribution in [3.8, 4) is 0 Å². The first-order valence-electron chi connectivity index (χ1n) is 15.8.